The molecule has 0 spiro atoms. The molecule has 0 N–H and O–H groups in total. The summed E-state index contributed by atoms with van der Waals surface area (Å²) in [5.74, 6) is -0.934. The normalized spacial score (nSPS) is 18.8. The maximum Gasteiger partial charge on any atom is 0.336 e. The van der Waals surface area contributed by atoms with Gasteiger partial charge in [0.25, 0.3) is 0 Å². The molecule has 1 aliphatic heterocycles. The number of hydrogen-bond acceptors (Lipinski definition) is 5. The topological polar surface area (TPSA) is 62.6 Å². The highest BCUT2D eigenvalue weighted by atomic mass is 19.1. The Morgan fingerprint density at radius 3 is 3.05 bits per heavy atom. The van der Waals surface area contributed by atoms with Gasteiger partial charge < -0.3 is 14.4 Å². The van der Waals surface area contributed by atoms with Crippen molar-refractivity contribution >= 4 is 11.7 Å². The van der Waals surface area contributed by atoms with Crippen molar-refractivity contribution < 1.29 is 18.7 Å². The zero-order valence-corrected chi connectivity index (χ0v) is 10.4. The van der Waals surface area contributed by atoms with Crippen molar-refractivity contribution in [2.45, 2.75) is 6.10 Å². The molecule has 0 bridgehead atoms. The smallest absolute Gasteiger partial charge is 0.336 e. The van der Waals surface area contributed by atoms with Gasteiger partial charge in [-0.15, -0.1) is 0 Å². The highest BCUT2D eigenvalue weighted by Crippen LogP contribution is 2.21. The third-order valence-corrected chi connectivity index (χ3v) is 2.91. The number of hydrogen-bond donors (Lipinski definition) is 0. The summed E-state index contributed by atoms with van der Waals surface area (Å²) in [7, 11) is 1.29. The zero-order valence-electron chi connectivity index (χ0n) is 10.4. The predicted molar refractivity (Wildman–Crippen MR) is 65.1 cm³/mol. The van der Waals surface area contributed by atoms with Gasteiger partial charge in [0.2, 0.25) is 0 Å². The molecule has 1 aromatic carbocycles. The molecule has 1 atom stereocenters. The van der Waals surface area contributed by atoms with Gasteiger partial charge in [-0.25, -0.2) is 9.18 Å². The van der Waals surface area contributed by atoms with Crippen molar-refractivity contribution in [1.82, 2.24) is 0 Å². The number of anilines is 1. The minimum absolute atomic E-state index is 0.246. The fourth-order valence-electron chi connectivity index (χ4n) is 1.98. The number of morpholine rings is 1. The molecule has 100 valence electrons. The van der Waals surface area contributed by atoms with Crippen LogP contribution in [0.5, 0.6) is 0 Å². The number of esters is 1. The Bertz CT molecular complexity index is 527. The molecule has 1 heterocycles. The number of nitriles is 1. The first-order valence-corrected chi connectivity index (χ1v) is 5.79. The average Bonchev–Trinajstić information content (AvgIpc) is 2.45. The zero-order chi connectivity index (χ0) is 13.8. The Balaban J connectivity index is 2.20. The first kappa shape index (κ1) is 13.3. The standard InChI is InChI=1S/C13H13FN2O3/c1-18-13(17)12-8-16(2-3-19-12)11-5-9(7-15)4-10(14)6-11/h4-6,12H,2-3,8H2,1H3. The van der Waals surface area contributed by atoms with E-state index in [0.717, 1.165) is 0 Å². The van der Waals surface area contributed by atoms with Crippen molar-refractivity contribution in [2.24, 2.45) is 0 Å². The summed E-state index contributed by atoms with van der Waals surface area (Å²) in [6.45, 7) is 1.15. The van der Waals surface area contributed by atoms with E-state index in [-0.39, 0.29) is 12.1 Å². The number of rotatable bonds is 2. The minimum atomic E-state index is -0.687. The Morgan fingerprint density at radius 1 is 1.58 bits per heavy atom. The molecule has 6 heteroatoms. The van der Waals surface area contributed by atoms with E-state index in [1.165, 1.54) is 19.2 Å². The van der Waals surface area contributed by atoms with Crippen molar-refractivity contribution in [3.8, 4) is 6.07 Å². The lowest BCUT2D eigenvalue weighted by molar-refractivity contribution is -0.154. The fraction of sp³-hybridized carbons (Fsp3) is 0.385. The van der Waals surface area contributed by atoms with E-state index in [2.05, 4.69) is 4.74 Å². The van der Waals surface area contributed by atoms with Crippen molar-refractivity contribution in [3.63, 3.8) is 0 Å². The average molecular weight is 264 g/mol. The van der Waals surface area contributed by atoms with Crippen LogP contribution in [0.3, 0.4) is 0 Å². The van der Waals surface area contributed by atoms with Crippen LogP contribution in [0.2, 0.25) is 0 Å². The number of methoxy groups -OCH3 is 1. The van der Waals surface area contributed by atoms with Crippen LogP contribution in [0.25, 0.3) is 0 Å². The molecule has 0 radical (unpaired) electrons. The predicted octanol–water partition coefficient (Wildman–Crippen LogP) is 1.08. The number of carbonyl (C=O) groups is 1. The number of benzene rings is 1. The molecule has 0 aliphatic carbocycles. The van der Waals surface area contributed by atoms with E-state index in [1.807, 2.05) is 6.07 Å². The molecular weight excluding hydrogens is 251 g/mol. The van der Waals surface area contributed by atoms with Gasteiger partial charge in [0.15, 0.2) is 6.10 Å². The maximum absolute atomic E-state index is 13.4. The molecule has 0 amide bonds. The summed E-state index contributed by atoms with van der Waals surface area (Å²) in [4.78, 5) is 13.2. The van der Waals surface area contributed by atoms with Crippen LogP contribution in [0.15, 0.2) is 18.2 Å². The van der Waals surface area contributed by atoms with Gasteiger partial charge in [-0.3, -0.25) is 0 Å². The molecule has 1 fully saturated rings. The van der Waals surface area contributed by atoms with Crippen LogP contribution in [-0.4, -0.2) is 38.9 Å². The second-order valence-corrected chi connectivity index (χ2v) is 4.14. The van der Waals surface area contributed by atoms with Crippen molar-refractivity contribution in [3.05, 3.63) is 29.6 Å². The third kappa shape index (κ3) is 3.01. The molecule has 5 nitrogen and oxygen atoms in total. The van der Waals surface area contributed by atoms with E-state index in [0.29, 0.717) is 18.8 Å². The Kier molecular flexibility index (Phi) is 3.97. The van der Waals surface area contributed by atoms with Crippen LogP contribution in [0.1, 0.15) is 5.56 Å². The van der Waals surface area contributed by atoms with Crippen LogP contribution in [0, 0.1) is 17.1 Å². The fourth-order valence-corrected chi connectivity index (χ4v) is 1.98. The Hall–Kier alpha value is -2.13. The van der Waals surface area contributed by atoms with Gasteiger partial charge in [-0.2, -0.15) is 5.26 Å². The highest BCUT2D eigenvalue weighted by molar-refractivity contribution is 5.75. The summed E-state index contributed by atoms with van der Waals surface area (Å²) in [5.41, 5.74) is 0.810. The van der Waals surface area contributed by atoms with E-state index in [1.54, 1.807) is 11.0 Å². The van der Waals surface area contributed by atoms with Crippen molar-refractivity contribution in [2.75, 3.05) is 31.7 Å². The van der Waals surface area contributed by atoms with Gasteiger partial charge in [0.1, 0.15) is 5.82 Å². The second-order valence-electron chi connectivity index (χ2n) is 4.14. The Labute approximate surface area is 110 Å². The first-order valence-electron chi connectivity index (χ1n) is 5.79. The summed E-state index contributed by atoms with van der Waals surface area (Å²) in [5, 5.41) is 8.83. The molecule has 1 aliphatic rings. The number of ether oxygens (including phenoxy) is 2. The lowest BCUT2D eigenvalue weighted by Gasteiger charge is -2.33. The SMILES string of the molecule is COC(=O)C1CN(c2cc(F)cc(C#N)c2)CCO1. The summed E-state index contributed by atoms with van der Waals surface area (Å²) < 4.78 is 23.3. The van der Waals surface area contributed by atoms with Crippen LogP contribution in [0.4, 0.5) is 10.1 Å². The molecule has 1 saturated heterocycles. The lowest BCUT2D eigenvalue weighted by Crippen LogP contribution is -2.46. The van der Waals surface area contributed by atoms with E-state index in [4.69, 9.17) is 10.00 Å². The van der Waals surface area contributed by atoms with E-state index >= 15 is 0 Å². The molecule has 19 heavy (non-hydrogen) atoms. The van der Waals surface area contributed by atoms with Gasteiger partial charge in [-0.05, 0) is 18.2 Å². The minimum Gasteiger partial charge on any atom is -0.467 e. The Morgan fingerprint density at radius 2 is 2.37 bits per heavy atom. The summed E-state index contributed by atoms with van der Waals surface area (Å²) in [6.07, 6.45) is -0.687. The van der Waals surface area contributed by atoms with E-state index < -0.39 is 17.9 Å². The van der Waals surface area contributed by atoms with Gasteiger partial charge in [0.05, 0.1) is 31.9 Å². The van der Waals surface area contributed by atoms with Gasteiger partial charge in [0, 0.05) is 12.2 Å². The van der Waals surface area contributed by atoms with Crippen LogP contribution >= 0.6 is 0 Å². The molecule has 0 aromatic heterocycles. The summed E-state index contributed by atoms with van der Waals surface area (Å²) in [6, 6.07) is 5.99. The largest absolute Gasteiger partial charge is 0.467 e. The maximum atomic E-state index is 13.4. The van der Waals surface area contributed by atoms with Gasteiger partial charge in [-0.1, -0.05) is 0 Å². The highest BCUT2D eigenvalue weighted by Gasteiger charge is 2.27. The van der Waals surface area contributed by atoms with Crippen LogP contribution < -0.4 is 4.90 Å². The quantitative estimate of drug-likeness (QED) is 0.748. The second kappa shape index (κ2) is 5.67. The van der Waals surface area contributed by atoms with Gasteiger partial charge >= 0.3 is 5.97 Å². The number of nitrogens with zero attached hydrogens (tertiary/aromatic N) is 2. The molecule has 1 unspecified atom stereocenters. The lowest BCUT2D eigenvalue weighted by atomic mass is 10.1. The van der Waals surface area contributed by atoms with E-state index in [9.17, 15) is 9.18 Å². The molecule has 2 rings (SSSR count). The molecule has 1 aromatic rings. The van der Waals surface area contributed by atoms with Crippen molar-refractivity contribution in [1.29, 1.82) is 5.26 Å². The summed E-state index contributed by atoms with van der Waals surface area (Å²) >= 11 is 0. The number of carbonyl (C=O) groups excluding carboxylic acids is 1. The van der Waals surface area contributed by atoms with Crippen LogP contribution in [-0.2, 0) is 14.3 Å². The molecular formula is C13H13FN2O3. The third-order valence-electron chi connectivity index (χ3n) is 2.91. The molecule has 0 saturated carbocycles. The monoisotopic (exact) mass is 264 g/mol. The first-order chi connectivity index (χ1) is 9.13. The number of halogens is 1.